The molecule has 3 rings (SSSR count). The lowest BCUT2D eigenvalue weighted by atomic mass is 9.77. The molecule has 1 saturated carbocycles. The molecule has 0 unspecified atom stereocenters. The molecule has 3 heteroatoms. The lowest BCUT2D eigenvalue weighted by molar-refractivity contribution is 0.226. The number of pyridine rings is 1. The number of nitrogens with two attached hydrogens (primary N) is 1. The van der Waals surface area contributed by atoms with Crippen LogP contribution in [0.4, 0.5) is 5.82 Å². The summed E-state index contributed by atoms with van der Waals surface area (Å²) in [6.45, 7) is 4.35. The molecule has 1 aromatic rings. The van der Waals surface area contributed by atoms with Crippen LogP contribution in [0.1, 0.15) is 57.1 Å². The summed E-state index contributed by atoms with van der Waals surface area (Å²) < 4.78 is 0. The zero-order valence-corrected chi connectivity index (χ0v) is 11.9. The third-order valence-corrected chi connectivity index (χ3v) is 5.11. The van der Waals surface area contributed by atoms with Gasteiger partial charge in [-0.1, -0.05) is 12.8 Å². The molecule has 0 radical (unpaired) electrons. The number of piperidine rings is 1. The van der Waals surface area contributed by atoms with Crippen LogP contribution in [-0.4, -0.2) is 18.1 Å². The maximum atomic E-state index is 5.96. The van der Waals surface area contributed by atoms with Crippen LogP contribution in [0, 0.1) is 5.41 Å². The second-order valence-corrected chi connectivity index (χ2v) is 6.43. The molecule has 1 atom stereocenters. The van der Waals surface area contributed by atoms with Crippen LogP contribution in [0.2, 0.25) is 0 Å². The highest BCUT2D eigenvalue weighted by Crippen LogP contribution is 2.46. The van der Waals surface area contributed by atoms with Gasteiger partial charge in [-0.15, -0.1) is 0 Å². The SMILES string of the molecule is C[C@@H](N)c1ccnc(N2CCC3(CCCC3)CC2)c1. The van der Waals surface area contributed by atoms with Crippen molar-refractivity contribution in [2.45, 2.75) is 51.5 Å². The van der Waals surface area contributed by atoms with Gasteiger partial charge in [-0.2, -0.15) is 0 Å². The van der Waals surface area contributed by atoms with Crippen molar-refractivity contribution in [2.24, 2.45) is 11.1 Å². The van der Waals surface area contributed by atoms with Crippen molar-refractivity contribution in [3.63, 3.8) is 0 Å². The van der Waals surface area contributed by atoms with E-state index < -0.39 is 0 Å². The van der Waals surface area contributed by atoms with Gasteiger partial charge in [-0.05, 0) is 55.7 Å². The van der Waals surface area contributed by atoms with Crippen LogP contribution >= 0.6 is 0 Å². The Labute approximate surface area is 116 Å². The van der Waals surface area contributed by atoms with Crippen molar-refractivity contribution in [1.29, 1.82) is 0 Å². The summed E-state index contributed by atoms with van der Waals surface area (Å²) in [5, 5.41) is 0. The Morgan fingerprint density at radius 1 is 1.21 bits per heavy atom. The van der Waals surface area contributed by atoms with Crippen LogP contribution in [0.5, 0.6) is 0 Å². The fourth-order valence-corrected chi connectivity index (χ4v) is 3.73. The van der Waals surface area contributed by atoms with E-state index in [-0.39, 0.29) is 6.04 Å². The van der Waals surface area contributed by atoms with Gasteiger partial charge >= 0.3 is 0 Å². The lowest BCUT2D eigenvalue weighted by Crippen LogP contribution is -2.39. The molecule has 104 valence electrons. The van der Waals surface area contributed by atoms with Crippen molar-refractivity contribution >= 4 is 5.82 Å². The smallest absolute Gasteiger partial charge is 0.128 e. The van der Waals surface area contributed by atoms with Crippen LogP contribution < -0.4 is 10.6 Å². The molecule has 1 saturated heterocycles. The predicted molar refractivity (Wildman–Crippen MR) is 79.2 cm³/mol. The maximum absolute atomic E-state index is 5.96. The van der Waals surface area contributed by atoms with Gasteiger partial charge in [0.15, 0.2) is 0 Å². The van der Waals surface area contributed by atoms with Crippen LogP contribution in [0.25, 0.3) is 0 Å². The summed E-state index contributed by atoms with van der Waals surface area (Å²) in [5.74, 6) is 1.11. The summed E-state index contributed by atoms with van der Waals surface area (Å²) in [4.78, 5) is 6.97. The first-order valence-electron chi connectivity index (χ1n) is 7.65. The number of anilines is 1. The van der Waals surface area contributed by atoms with Crippen LogP contribution in [-0.2, 0) is 0 Å². The largest absolute Gasteiger partial charge is 0.357 e. The maximum Gasteiger partial charge on any atom is 0.128 e. The molecule has 1 aliphatic carbocycles. The molecule has 0 bridgehead atoms. The Balaban J connectivity index is 1.69. The fourth-order valence-electron chi connectivity index (χ4n) is 3.73. The Kier molecular flexibility index (Phi) is 3.48. The second-order valence-electron chi connectivity index (χ2n) is 6.43. The molecule has 1 spiro atoms. The lowest BCUT2D eigenvalue weighted by Gasteiger charge is -2.40. The van der Waals surface area contributed by atoms with E-state index in [4.69, 9.17) is 5.73 Å². The molecule has 1 aromatic heterocycles. The van der Waals surface area contributed by atoms with Gasteiger partial charge in [0, 0.05) is 25.3 Å². The highest BCUT2D eigenvalue weighted by molar-refractivity contribution is 5.42. The molecule has 2 fully saturated rings. The second kappa shape index (κ2) is 5.12. The van der Waals surface area contributed by atoms with Gasteiger partial charge in [0.25, 0.3) is 0 Å². The van der Waals surface area contributed by atoms with Crippen LogP contribution in [0.15, 0.2) is 18.3 Å². The molecule has 3 nitrogen and oxygen atoms in total. The normalized spacial score (nSPS) is 23.8. The zero-order valence-electron chi connectivity index (χ0n) is 11.9. The van der Waals surface area contributed by atoms with Gasteiger partial charge in [0.1, 0.15) is 5.82 Å². The summed E-state index contributed by atoms with van der Waals surface area (Å²) >= 11 is 0. The molecular weight excluding hydrogens is 234 g/mol. The average molecular weight is 259 g/mol. The first-order chi connectivity index (χ1) is 9.19. The highest BCUT2D eigenvalue weighted by atomic mass is 15.2. The van der Waals surface area contributed by atoms with Crippen LogP contribution in [0.3, 0.4) is 0 Å². The molecule has 2 N–H and O–H groups in total. The van der Waals surface area contributed by atoms with Crippen molar-refractivity contribution in [2.75, 3.05) is 18.0 Å². The Bertz CT molecular complexity index is 425. The van der Waals surface area contributed by atoms with E-state index in [1.54, 1.807) is 0 Å². The monoisotopic (exact) mass is 259 g/mol. The molecule has 19 heavy (non-hydrogen) atoms. The molecule has 2 heterocycles. The first-order valence-corrected chi connectivity index (χ1v) is 7.65. The van der Waals surface area contributed by atoms with E-state index in [1.165, 1.54) is 44.1 Å². The summed E-state index contributed by atoms with van der Waals surface area (Å²) in [5.41, 5.74) is 7.82. The number of rotatable bonds is 2. The average Bonchev–Trinajstić information content (AvgIpc) is 2.88. The predicted octanol–water partition coefficient (Wildman–Crippen LogP) is 3.26. The van der Waals surface area contributed by atoms with E-state index in [0.717, 1.165) is 18.9 Å². The molecular formula is C16H25N3. The van der Waals surface area contributed by atoms with Gasteiger partial charge in [0.05, 0.1) is 0 Å². The summed E-state index contributed by atoms with van der Waals surface area (Å²) in [7, 11) is 0. The van der Waals surface area contributed by atoms with Gasteiger partial charge in [-0.25, -0.2) is 4.98 Å². The first kappa shape index (κ1) is 12.9. The van der Waals surface area contributed by atoms with Gasteiger partial charge in [-0.3, -0.25) is 0 Å². The van der Waals surface area contributed by atoms with Crippen molar-refractivity contribution < 1.29 is 0 Å². The zero-order chi connectivity index (χ0) is 13.3. The standard InChI is InChI=1S/C16H25N3/c1-13(17)14-4-9-18-15(12-14)19-10-7-16(8-11-19)5-2-3-6-16/h4,9,12-13H,2-3,5-8,10-11,17H2,1H3/t13-/m1/s1. The highest BCUT2D eigenvalue weighted by Gasteiger charge is 2.37. The molecule has 0 aromatic carbocycles. The summed E-state index contributed by atoms with van der Waals surface area (Å²) in [6.07, 6.45) is 10.4. The number of hydrogen-bond acceptors (Lipinski definition) is 3. The molecule has 2 aliphatic rings. The fraction of sp³-hybridized carbons (Fsp3) is 0.688. The van der Waals surface area contributed by atoms with Crippen molar-refractivity contribution in [1.82, 2.24) is 4.98 Å². The Morgan fingerprint density at radius 3 is 2.53 bits per heavy atom. The van der Waals surface area contributed by atoms with E-state index in [1.807, 2.05) is 19.2 Å². The van der Waals surface area contributed by atoms with Gasteiger partial charge < -0.3 is 10.6 Å². The number of aromatic nitrogens is 1. The topological polar surface area (TPSA) is 42.1 Å². The van der Waals surface area contributed by atoms with E-state index >= 15 is 0 Å². The van der Waals surface area contributed by atoms with E-state index in [2.05, 4.69) is 16.0 Å². The minimum absolute atomic E-state index is 0.0905. The minimum atomic E-state index is 0.0905. The van der Waals surface area contributed by atoms with Crippen molar-refractivity contribution in [3.05, 3.63) is 23.9 Å². The third-order valence-electron chi connectivity index (χ3n) is 5.11. The summed E-state index contributed by atoms with van der Waals surface area (Å²) in [6, 6.07) is 4.28. The van der Waals surface area contributed by atoms with E-state index in [0.29, 0.717) is 5.41 Å². The number of nitrogens with zero attached hydrogens (tertiary/aromatic N) is 2. The third kappa shape index (κ3) is 2.62. The minimum Gasteiger partial charge on any atom is -0.357 e. The van der Waals surface area contributed by atoms with Gasteiger partial charge in [0.2, 0.25) is 0 Å². The Hall–Kier alpha value is -1.09. The molecule has 0 amide bonds. The number of hydrogen-bond donors (Lipinski definition) is 1. The molecule has 1 aliphatic heterocycles. The quantitative estimate of drug-likeness (QED) is 0.886. The van der Waals surface area contributed by atoms with E-state index in [9.17, 15) is 0 Å². The Morgan fingerprint density at radius 2 is 1.89 bits per heavy atom. The van der Waals surface area contributed by atoms with Crippen molar-refractivity contribution in [3.8, 4) is 0 Å².